The first-order chi connectivity index (χ1) is 11.5. The second-order valence-electron chi connectivity index (χ2n) is 5.49. The average molecular weight is 326 g/mol. The van der Waals surface area contributed by atoms with E-state index in [1.54, 1.807) is 19.3 Å². The molecule has 0 aliphatic rings. The Labute approximate surface area is 142 Å². The standard InChI is InChI=1S/C20H22O4/c1-5-24-19-15(7-6-8-18(19)23-4)12-17(20(21)22)16-11-13(2)9-10-14(16)3/h6-12H,5H2,1-4H3,(H,21,22)/b17-12-. The predicted octanol–water partition coefficient (Wildman–Crippen LogP) is 4.34. The Morgan fingerprint density at radius 3 is 2.58 bits per heavy atom. The molecule has 4 heteroatoms. The smallest absolute Gasteiger partial charge is 0.336 e. The molecule has 0 aliphatic carbocycles. The van der Waals surface area contributed by atoms with E-state index in [1.165, 1.54) is 0 Å². The normalized spacial score (nSPS) is 11.2. The Morgan fingerprint density at radius 2 is 1.96 bits per heavy atom. The van der Waals surface area contributed by atoms with Crippen LogP contribution in [0.3, 0.4) is 0 Å². The van der Waals surface area contributed by atoms with Gasteiger partial charge in [0, 0.05) is 5.56 Å². The van der Waals surface area contributed by atoms with Gasteiger partial charge in [0.15, 0.2) is 11.5 Å². The number of carboxylic acids is 1. The van der Waals surface area contributed by atoms with Crippen molar-refractivity contribution in [3.8, 4) is 11.5 Å². The number of benzene rings is 2. The van der Waals surface area contributed by atoms with Crippen LogP contribution < -0.4 is 9.47 Å². The number of carbonyl (C=O) groups is 1. The lowest BCUT2D eigenvalue weighted by molar-refractivity contribution is -0.130. The number of hydrogen-bond donors (Lipinski definition) is 1. The van der Waals surface area contributed by atoms with E-state index in [2.05, 4.69) is 0 Å². The van der Waals surface area contributed by atoms with Gasteiger partial charge in [-0.25, -0.2) is 4.79 Å². The van der Waals surface area contributed by atoms with E-state index in [0.717, 1.165) is 11.1 Å². The third-order valence-electron chi connectivity index (χ3n) is 3.73. The molecular formula is C20H22O4. The largest absolute Gasteiger partial charge is 0.493 e. The summed E-state index contributed by atoms with van der Waals surface area (Å²) in [5, 5.41) is 9.71. The van der Waals surface area contributed by atoms with Gasteiger partial charge in [-0.1, -0.05) is 35.9 Å². The van der Waals surface area contributed by atoms with Gasteiger partial charge < -0.3 is 14.6 Å². The molecule has 126 valence electrons. The van der Waals surface area contributed by atoms with E-state index in [-0.39, 0.29) is 5.57 Å². The van der Waals surface area contributed by atoms with Crippen LogP contribution in [0, 0.1) is 13.8 Å². The molecule has 0 aliphatic heterocycles. The predicted molar refractivity (Wildman–Crippen MR) is 95.6 cm³/mol. The Bertz CT molecular complexity index is 775. The van der Waals surface area contributed by atoms with Gasteiger partial charge in [-0.05, 0) is 44.0 Å². The molecule has 2 aromatic rings. The number of rotatable bonds is 6. The van der Waals surface area contributed by atoms with E-state index in [4.69, 9.17) is 9.47 Å². The van der Waals surface area contributed by atoms with Crippen molar-refractivity contribution in [3.63, 3.8) is 0 Å². The van der Waals surface area contributed by atoms with Gasteiger partial charge in [-0.2, -0.15) is 0 Å². The first-order valence-electron chi connectivity index (χ1n) is 7.80. The molecule has 2 rings (SSSR count). The Balaban J connectivity index is 2.65. The second kappa shape index (κ2) is 7.68. The molecule has 0 fully saturated rings. The number of methoxy groups -OCH3 is 1. The number of carboxylic acid groups (broad SMARTS) is 1. The fourth-order valence-corrected chi connectivity index (χ4v) is 2.54. The van der Waals surface area contributed by atoms with Crippen LogP contribution in [0.25, 0.3) is 11.6 Å². The lowest BCUT2D eigenvalue weighted by Crippen LogP contribution is -2.03. The van der Waals surface area contributed by atoms with Gasteiger partial charge in [-0.15, -0.1) is 0 Å². The zero-order valence-electron chi connectivity index (χ0n) is 14.4. The number of ether oxygens (including phenoxy) is 2. The molecule has 0 heterocycles. The van der Waals surface area contributed by atoms with Gasteiger partial charge in [-0.3, -0.25) is 0 Å². The van der Waals surface area contributed by atoms with Gasteiger partial charge in [0.25, 0.3) is 0 Å². The highest BCUT2D eigenvalue weighted by atomic mass is 16.5. The number of aryl methyl sites for hydroxylation is 2. The molecule has 0 saturated carbocycles. The summed E-state index contributed by atoms with van der Waals surface area (Å²) in [4.78, 5) is 11.9. The fraction of sp³-hybridized carbons (Fsp3) is 0.250. The van der Waals surface area contributed by atoms with Gasteiger partial charge in [0.2, 0.25) is 0 Å². The molecule has 1 N–H and O–H groups in total. The summed E-state index contributed by atoms with van der Waals surface area (Å²) in [6.45, 7) is 6.19. The van der Waals surface area contributed by atoms with Crippen molar-refractivity contribution in [2.24, 2.45) is 0 Å². The molecule has 0 spiro atoms. The molecule has 0 saturated heterocycles. The number of para-hydroxylation sites is 1. The minimum atomic E-state index is -0.978. The highest BCUT2D eigenvalue weighted by Gasteiger charge is 2.16. The van der Waals surface area contributed by atoms with Crippen LogP contribution in [0.5, 0.6) is 11.5 Å². The SMILES string of the molecule is CCOc1c(/C=C(\C(=O)O)c2cc(C)ccc2C)cccc1OC. The minimum Gasteiger partial charge on any atom is -0.493 e. The van der Waals surface area contributed by atoms with Crippen LogP contribution in [-0.4, -0.2) is 24.8 Å². The van der Waals surface area contributed by atoms with Crippen LogP contribution in [0.15, 0.2) is 36.4 Å². The third kappa shape index (κ3) is 3.77. The molecule has 0 aromatic heterocycles. The minimum absolute atomic E-state index is 0.227. The van der Waals surface area contributed by atoms with Crippen LogP contribution in [0.4, 0.5) is 0 Å². The summed E-state index contributed by atoms with van der Waals surface area (Å²) >= 11 is 0. The molecular weight excluding hydrogens is 304 g/mol. The van der Waals surface area contributed by atoms with E-state index in [9.17, 15) is 9.90 Å². The Morgan fingerprint density at radius 1 is 1.21 bits per heavy atom. The van der Waals surface area contributed by atoms with Gasteiger partial charge in [0.1, 0.15) is 0 Å². The summed E-state index contributed by atoms with van der Waals surface area (Å²) < 4.78 is 11.0. The topological polar surface area (TPSA) is 55.8 Å². The lowest BCUT2D eigenvalue weighted by atomic mass is 9.96. The summed E-state index contributed by atoms with van der Waals surface area (Å²) in [6.07, 6.45) is 1.64. The summed E-state index contributed by atoms with van der Waals surface area (Å²) in [5.74, 6) is 0.150. The highest BCUT2D eigenvalue weighted by molar-refractivity contribution is 6.21. The van der Waals surface area contributed by atoms with Crippen molar-refractivity contribution < 1.29 is 19.4 Å². The zero-order valence-corrected chi connectivity index (χ0v) is 14.4. The number of aliphatic carboxylic acids is 1. The quantitative estimate of drug-likeness (QED) is 0.634. The van der Waals surface area contributed by atoms with E-state index in [0.29, 0.717) is 29.2 Å². The van der Waals surface area contributed by atoms with Crippen molar-refractivity contribution in [1.82, 2.24) is 0 Å². The summed E-state index contributed by atoms with van der Waals surface area (Å²) in [5.41, 5.74) is 3.53. The fourth-order valence-electron chi connectivity index (χ4n) is 2.54. The summed E-state index contributed by atoms with van der Waals surface area (Å²) in [7, 11) is 1.56. The zero-order chi connectivity index (χ0) is 17.7. The molecule has 4 nitrogen and oxygen atoms in total. The van der Waals surface area contributed by atoms with Crippen molar-refractivity contribution in [1.29, 1.82) is 0 Å². The van der Waals surface area contributed by atoms with Crippen LogP contribution in [0.1, 0.15) is 29.2 Å². The van der Waals surface area contributed by atoms with E-state index < -0.39 is 5.97 Å². The van der Waals surface area contributed by atoms with Crippen LogP contribution in [-0.2, 0) is 4.79 Å². The van der Waals surface area contributed by atoms with E-state index >= 15 is 0 Å². The monoisotopic (exact) mass is 326 g/mol. The first kappa shape index (κ1) is 17.6. The maximum absolute atomic E-state index is 11.9. The average Bonchev–Trinajstić information content (AvgIpc) is 2.56. The van der Waals surface area contributed by atoms with Crippen molar-refractivity contribution >= 4 is 17.6 Å². The van der Waals surface area contributed by atoms with E-state index in [1.807, 2.05) is 51.1 Å². The molecule has 0 unspecified atom stereocenters. The number of hydrogen-bond acceptors (Lipinski definition) is 3. The molecule has 0 amide bonds. The molecule has 2 aromatic carbocycles. The maximum Gasteiger partial charge on any atom is 0.336 e. The molecule has 0 bridgehead atoms. The van der Waals surface area contributed by atoms with Crippen molar-refractivity contribution in [2.75, 3.05) is 13.7 Å². The van der Waals surface area contributed by atoms with Crippen molar-refractivity contribution in [3.05, 3.63) is 58.7 Å². The first-order valence-corrected chi connectivity index (χ1v) is 7.80. The second-order valence-corrected chi connectivity index (χ2v) is 5.49. The van der Waals surface area contributed by atoms with Gasteiger partial charge in [0.05, 0.1) is 19.3 Å². The Hall–Kier alpha value is -2.75. The van der Waals surface area contributed by atoms with Crippen LogP contribution >= 0.6 is 0 Å². The van der Waals surface area contributed by atoms with Gasteiger partial charge >= 0.3 is 5.97 Å². The molecule has 24 heavy (non-hydrogen) atoms. The van der Waals surface area contributed by atoms with Crippen molar-refractivity contribution in [2.45, 2.75) is 20.8 Å². The molecule has 0 atom stereocenters. The maximum atomic E-state index is 11.9. The third-order valence-corrected chi connectivity index (χ3v) is 3.73. The molecule has 0 radical (unpaired) electrons. The van der Waals surface area contributed by atoms with Crippen LogP contribution in [0.2, 0.25) is 0 Å². The lowest BCUT2D eigenvalue weighted by Gasteiger charge is -2.13. The highest BCUT2D eigenvalue weighted by Crippen LogP contribution is 2.34. The summed E-state index contributed by atoms with van der Waals surface area (Å²) in [6, 6.07) is 11.2. The Kier molecular flexibility index (Phi) is 5.64.